The topological polar surface area (TPSA) is 108 Å². The Morgan fingerprint density at radius 3 is 2.57 bits per heavy atom. The molecule has 0 atom stereocenters. The van der Waals surface area contributed by atoms with Crippen molar-refractivity contribution in [3.63, 3.8) is 0 Å². The van der Waals surface area contributed by atoms with Crippen LogP contribution in [0.4, 0.5) is 14.6 Å². The summed E-state index contributed by atoms with van der Waals surface area (Å²) in [7, 11) is 0. The molecule has 1 saturated heterocycles. The van der Waals surface area contributed by atoms with Gasteiger partial charge in [0.25, 0.3) is 0 Å². The number of halogens is 2. The molecule has 37 heavy (non-hydrogen) atoms. The van der Waals surface area contributed by atoms with E-state index in [1.807, 2.05) is 13.8 Å². The van der Waals surface area contributed by atoms with Gasteiger partial charge in [0.15, 0.2) is 17.4 Å². The van der Waals surface area contributed by atoms with E-state index in [1.165, 1.54) is 12.3 Å². The minimum absolute atomic E-state index is 0.00487. The van der Waals surface area contributed by atoms with Crippen LogP contribution in [0.15, 0.2) is 41.3 Å². The van der Waals surface area contributed by atoms with Crippen LogP contribution in [0, 0.1) is 11.3 Å². The van der Waals surface area contributed by atoms with Gasteiger partial charge in [-0.3, -0.25) is 4.79 Å². The number of amides is 1. The summed E-state index contributed by atoms with van der Waals surface area (Å²) >= 11 is 0. The third kappa shape index (κ3) is 5.89. The number of rotatable bonds is 6. The Labute approximate surface area is 216 Å². The number of anilines is 1. The molecular formula is C27H34F2N6O2. The maximum Gasteiger partial charge on any atom is 0.219 e. The lowest BCUT2D eigenvalue weighted by Gasteiger charge is -2.35. The SMILES string of the molecule is CC(=O)N1CCc2nc(N3CCC(OC4=CCC=C(F)C=C4F)CC3)c(/C(C=N)=C(/N)C(C)C)nc2C1. The minimum Gasteiger partial charge on any atom is -0.488 e. The van der Waals surface area contributed by atoms with Crippen LogP contribution < -0.4 is 10.6 Å². The van der Waals surface area contributed by atoms with Crippen molar-refractivity contribution in [3.05, 3.63) is 58.4 Å². The van der Waals surface area contributed by atoms with Crippen molar-refractivity contribution in [2.75, 3.05) is 24.5 Å². The van der Waals surface area contributed by atoms with Crippen molar-refractivity contribution in [2.24, 2.45) is 11.7 Å². The molecule has 1 aliphatic carbocycles. The molecule has 0 bridgehead atoms. The summed E-state index contributed by atoms with van der Waals surface area (Å²) in [6, 6.07) is 0. The van der Waals surface area contributed by atoms with Crippen LogP contribution in [0.5, 0.6) is 0 Å². The minimum atomic E-state index is -0.707. The van der Waals surface area contributed by atoms with Crippen LogP contribution in [0.3, 0.4) is 0 Å². The van der Waals surface area contributed by atoms with Gasteiger partial charge in [-0.15, -0.1) is 0 Å². The molecule has 0 spiro atoms. The zero-order valence-electron chi connectivity index (χ0n) is 21.6. The molecule has 8 nitrogen and oxygen atoms in total. The molecule has 0 saturated carbocycles. The van der Waals surface area contributed by atoms with Crippen molar-refractivity contribution in [3.8, 4) is 0 Å². The monoisotopic (exact) mass is 512 g/mol. The maximum absolute atomic E-state index is 14.3. The predicted molar refractivity (Wildman–Crippen MR) is 139 cm³/mol. The molecule has 0 unspecified atom stereocenters. The van der Waals surface area contributed by atoms with E-state index in [4.69, 9.17) is 25.8 Å². The zero-order valence-corrected chi connectivity index (χ0v) is 21.6. The van der Waals surface area contributed by atoms with E-state index >= 15 is 0 Å². The number of nitrogens with one attached hydrogen (secondary N) is 1. The molecule has 10 heteroatoms. The first-order chi connectivity index (χ1) is 17.7. The van der Waals surface area contributed by atoms with E-state index in [2.05, 4.69) is 4.90 Å². The highest BCUT2D eigenvalue weighted by Gasteiger charge is 2.30. The van der Waals surface area contributed by atoms with E-state index in [1.54, 1.807) is 17.9 Å². The van der Waals surface area contributed by atoms with Crippen LogP contribution in [-0.2, 0) is 22.5 Å². The number of nitrogens with two attached hydrogens (primary N) is 1. The van der Waals surface area contributed by atoms with Gasteiger partial charge >= 0.3 is 0 Å². The number of ether oxygens (including phenoxy) is 1. The van der Waals surface area contributed by atoms with Crippen LogP contribution >= 0.6 is 0 Å². The number of allylic oxidation sites excluding steroid dienone is 7. The summed E-state index contributed by atoms with van der Waals surface area (Å²) in [6.45, 7) is 7.59. The molecule has 198 valence electrons. The smallest absolute Gasteiger partial charge is 0.219 e. The summed E-state index contributed by atoms with van der Waals surface area (Å²) in [5.74, 6) is -0.598. The number of nitrogens with zero attached hydrogens (tertiary/aromatic N) is 4. The lowest BCUT2D eigenvalue weighted by molar-refractivity contribution is -0.129. The van der Waals surface area contributed by atoms with Crippen LogP contribution in [0.2, 0.25) is 0 Å². The summed E-state index contributed by atoms with van der Waals surface area (Å²) in [5.41, 5.74) is 9.55. The molecule has 3 heterocycles. The number of aromatic nitrogens is 2. The van der Waals surface area contributed by atoms with Crippen molar-refractivity contribution in [2.45, 2.75) is 59.1 Å². The van der Waals surface area contributed by atoms with E-state index < -0.39 is 11.7 Å². The first kappa shape index (κ1) is 26.5. The Morgan fingerprint density at radius 1 is 1.19 bits per heavy atom. The zero-order chi connectivity index (χ0) is 26.7. The van der Waals surface area contributed by atoms with Crippen LogP contribution in [0.25, 0.3) is 5.57 Å². The average Bonchev–Trinajstić information content (AvgIpc) is 3.03. The maximum atomic E-state index is 14.3. The van der Waals surface area contributed by atoms with Crippen molar-refractivity contribution < 1.29 is 18.3 Å². The second-order valence-corrected chi connectivity index (χ2v) is 9.84. The van der Waals surface area contributed by atoms with E-state index in [0.717, 1.165) is 17.5 Å². The third-order valence-corrected chi connectivity index (χ3v) is 6.92. The van der Waals surface area contributed by atoms with Gasteiger partial charge in [0.2, 0.25) is 5.91 Å². The first-order valence-corrected chi connectivity index (χ1v) is 12.7. The first-order valence-electron chi connectivity index (χ1n) is 12.7. The highest BCUT2D eigenvalue weighted by Crippen LogP contribution is 2.32. The lowest BCUT2D eigenvalue weighted by atomic mass is 10.0. The van der Waals surface area contributed by atoms with Crippen molar-refractivity contribution in [1.29, 1.82) is 5.41 Å². The number of hydrogen-bond donors (Lipinski definition) is 2. The standard InChI is InChI=1S/C27H34F2N6O2/c1-16(2)25(31)20(14-30)26-27(33-22-9-12-35(17(3)36)15-23(22)32-26)34-10-7-19(8-11-34)37-24-6-4-5-18(28)13-21(24)29/h5-6,13-14,16,19,30H,4,7-12,15,31H2,1-3H3/b25-20+,30-14?. The second-order valence-electron chi connectivity index (χ2n) is 9.84. The van der Waals surface area contributed by atoms with Crippen molar-refractivity contribution in [1.82, 2.24) is 14.9 Å². The molecule has 1 aromatic rings. The molecule has 1 amide bonds. The van der Waals surface area contributed by atoms with E-state index in [9.17, 15) is 13.6 Å². The molecule has 2 aliphatic heterocycles. The van der Waals surface area contributed by atoms with Gasteiger partial charge in [-0.2, -0.15) is 0 Å². The van der Waals surface area contributed by atoms with E-state index in [0.29, 0.717) is 68.2 Å². The van der Waals surface area contributed by atoms with E-state index in [-0.39, 0.29) is 30.1 Å². The molecule has 3 aliphatic rings. The molecular weight excluding hydrogens is 478 g/mol. The molecule has 0 aromatic carbocycles. The lowest BCUT2D eigenvalue weighted by Crippen LogP contribution is -2.40. The highest BCUT2D eigenvalue weighted by atomic mass is 19.1. The van der Waals surface area contributed by atoms with Gasteiger partial charge < -0.3 is 25.7 Å². The largest absolute Gasteiger partial charge is 0.488 e. The Hall–Kier alpha value is -3.56. The summed E-state index contributed by atoms with van der Waals surface area (Å²) in [5, 5.41) is 8.09. The molecule has 1 aromatic heterocycles. The van der Waals surface area contributed by atoms with Crippen LogP contribution in [-0.4, -0.2) is 52.7 Å². The number of fused-ring (bicyclic) bond motifs is 1. The molecule has 4 rings (SSSR count). The van der Waals surface area contributed by atoms with Gasteiger partial charge in [-0.25, -0.2) is 18.7 Å². The summed E-state index contributed by atoms with van der Waals surface area (Å²) in [6.07, 6.45) is 6.80. The number of carbonyl (C=O) groups is 1. The number of carbonyl (C=O) groups excluding carboxylic acids is 1. The van der Waals surface area contributed by atoms with Gasteiger partial charge in [0.1, 0.15) is 17.6 Å². The Kier molecular flexibility index (Phi) is 8.04. The van der Waals surface area contributed by atoms with Gasteiger partial charge in [0.05, 0.1) is 17.9 Å². The normalized spacial score (nSPS) is 19.4. The van der Waals surface area contributed by atoms with Gasteiger partial charge in [0, 0.05) is 69.4 Å². The molecule has 1 fully saturated rings. The number of piperidine rings is 1. The third-order valence-electron chi connectivity index (χ3n) is 6.92. The predicted octanol–water partition coefficient (Wildman–Crippen LogP) is 4.34. The molecule has 0 radical (unpaired) electrons. The Bertz CT molecular complexity index is 1200. The number of hydrogen-bond acceptors (Lipinski definition) is 7. The average molecular weight is 513 g/mol. The quantitative estimate of drug-likeness (QED) is 0.549. The fourth-order valence-electron chi connectivity index (χ4n) is 4.69. The fraction of sp³-hybridized carbons (Fsp3) is 0.481. The Morgan fingerprint density at radius 2 is 1.92 bits per heavy atom. The molecule has 3 N–H and O–H groups in total. The fourth-order valence-corrected chi connectivity index (χ4v) is 4.69. The van der Waals surface area contributed by atoms with Crippen LogP contribution in [0.1, 0.15) is 57.1 Å². The van der Waals surface area contributed by atoms with Crippen molar-refractivity contribution >= 4 is 23.5 Å². The second kappa shape index (κ2) is 11.2. The Balaban J connectivity index is 1.60. The van der Waals surface area contributed by atoms with Gasteiger partial charge in [-0.1, -0.05) is 13.8 Å². The summed E-state index contributed by atoms with van der Waals surface area (Å²) < 4.78 is 33.7. The van der Waals surface area contributed by atoms with Gasteiger partial charge in [-0.05, 0) is 24.5 Å². The highest BCUT2D eigenvalue weighted by molar-refractivity contribution is 6.10. The summed E-state index contributed by atoms with van der Waals surface area (Å²) in [4.78, 5) is 25.7.